The van der Waals surface area contributed by atoms with E-state index in [2.05, 4.69) is 20.3 Å². The number of aromatic carboxylic acids is 1. The van der Waals surface area contributed by atoms with Gasteiger partial charge >= 0.3 is 5.97 Å². The first-order valence-electron chi connectivity index (χ1n) is 4.46. The van der Waals surface area contributed by atoms with E-state index >= 15 is 0 Å². The number of pyridine rings is 1. The third kappa shape index (κ3) is 2.11. The zero-order chi connectivity index (χ0) is 11.4. The molecule has 0 aliphatic rings. The van der Waals surface area contributed by atoms with Crippen molar-refractivity contribution in [3.05, 3.63) is 42.7 Å². The summed E-state index contributed by atoms with van der Waals surface area (Å²) in [4.78, 5) is 22.3. The van der Waals surface area contributed by atoms with Gasteiger partial charge in [0.25, 0.3) is 0 Å². The molecule has 0 spiro atoms. The van der Waals surface area contributed by atoms with Crippen molar-refractivity contribution in [1.82, 2.24) is 15.0 Å². The molecule has 2 rings (SSSR count). The molecule has 80 valence electrons. The summed E-state index contributed by atoms with van der Waals surface area (Å²) in [5, 5.41) is 11.8. The smallest absolute Gasteiger partial charge is 0.339 e. The van der Waals surface area contributed by atoms with Crippen LogP contribution in [0.4, 0.5) is 11.4 Å². The Labute approximate surface area is 91.0 Å². The van der Waals surface area contributed by atoms with Crippen molar-refractivity contribution in [2.45, 2.75) is 0 Å². The molecule has 6 heteroatoms. The molecule has 0 radical (unpaired) electrons. The first kappa shape index (κ1) is 10.0. The zero-order valence-electron chi connectivity index (χ0n) is 8.16. The molecule has 2 aromatic heterocycles. The second kappa shape index (κ2) is 4.35. The van der Waals surface area contributed by atoms with Crippen LogP contribution < -0.4 is 5.32 Å². The van der Waals surface area contributed by atoms with Crippen LogP contribution in [-0.4, -0.2) is 26.0 Å². The van der Waals surface area contributed by atoms with E-state index in [9.17, 15) is 4.79 Å². The lowest BCUT2D eigenvalue weighted by molar-refractivity contribution is 0.0697. The number of anilines is 2. The van der Waals surface area contributed by atoms with E-state index in [1.54, 1.807) is 18.5 Å². The minimum Gasteiger partial charge on any atom is -0.478 e. The highest BCUT2D eigenvalue weighted by atomic mass is 16.4. The largest absolute Gasteiger partial charge is 0.478 e. The van der Waals surface area contributed by atoms with Crippen molar-refractivity contribution in [2.75, 3.05) is 5.32 Å². The van der Waals surface area contributed by atoms with Crippen LogP contribution in [0, 0.1) is 0 Å². The number of aromatic nitrogens is 3. The third-order valence-corrected chi connectivity index (χ3v) is 1.89. The molecule has 16 heavy (non-hydrogen) atoms. The predicted octanol–water partition coefficient (Wildman–Crippen LogP) is 1.31. The molecule has 2 aromatic rings. The Hall–Kier alpha value is -2.50. The monoisotopic (exact) mass is 216 g/mol. The van der Waals surface area contributed by atoms with Gasteiger partial charge in [0.05, 0.1) is 23.8 Å². The fourth-order valence-corrected chi connectivity index (χ4v) is 1.19. The van der Waals surface area contributed by atoms with Crippen LogP contribution in [0.2, 0.25) is 0 Å². The number of hydrogen-bond acceptors (Lipinski definition) is 5. The molecule has 0 atom stereocenters. The third-order valence-electron chi connectivity index (χ3n) is 1.89. The standard InChI is InChI=1S/C10H8N4O2/c15-10(16)8-5-11-2-1-9(8)14-7-3-12-6-13-4-7/h1-6H,(H,11,14)(H,15,16). The van der Waals surface area contributed by atoms with Crippen molar-refractivity contribution < 1.29 is 9.90 Å². The zero-order valence-corrected chi connectivity index (χ0v) is 8.16. The Balaban J connectivity index is 2.31. The van der Waals surface area contributed by atoms with Gasteiger partial charge in [0, 0.05) is 12.4 Å². The minimum atomic E-state index is -1.03. The molecule has 0 saturated carbocycles. The van der Waals surface area contributed by atoms with Crippen molar-refractivity contribution in [2.24, 2.45) is 0 Å². The van der Waals surface area contributed by atoms with Gasteiger partial charge in [-0.15, -0.1) is 0 Å². The summed E-state index contributed by atoms with van der Waals surface area (Å²) in [6.45, 7) is 0. The van der Waals surface area contributed by atoms with Gasteiger partial charge in [0.15, 0.2) is 0 Å². The van der Waals surface area contributed by atoms with E-state index in [1.165, 1.54) is 18.7 Å². The van der Waals surface area contributed by atoms with Crippen molar-refractivity contribution in [3.63, 3.8) is 0 Å². The van der Waals surface area contributed by atoms with Gasteiger partial charge in [0.1, 0.15) is 11.9 Å². The van der Waals surface area contributed by atoms with Crippen molar-refractivity contribution in [1.29, 1.82) is 0 Å². The molecule has 0 unspecified atom stereocenters. The van der Waals surface area contributed by atoms with E-state index in [0.29, 0.717) is 11.4 Å². The van der Waals surface area contributed by atoms with Gasteiger partial charge in [-0.1, -0.05) is 0 Å². The molecule has 0 aliphatic heterocycles. The molecular formula is C10H8N4O2. The number of carboxylic acid groups (broad SMARTS) is 1. The first-order valence-corrected chi connectivity index (χ1v) is 4.46. The van der Waals surface area contributed by atoms with E-state index in [1.807, 2.05) is 0 Å². The van der Waals surface area contributed by atoms with E-state index < -0.39 is 5.97 Å². The summed E-state index contributed by atoms with van der Waals surface area (Å²) >= 11 is 0. The predicted molar refractivity (Wildman–Crippen MR) is 56.5 cm³/mol. The summed E-state index contributed by atoms with van der Waals surface area (Å²) in [7, 11) is 0. The highest BCUT2D eigenvalue weighted by Crippen LogP contribution is 2.18. The maximum Gasteiger partial charge on any atom is 0.339 e. The average molecular weight is 216 g/mol. The fraction of sp³-hybridized carbons (Fsp3) is 0. The van der Waals surface area contributed by atoms with Gasteiger partial charge in [0.2, 0.25) is 0 Å². The molecule has 0 aliphatic carbocycles. The van der Waals surface area contributed by atoms with Crippen molar-refractivity contribution >= 4 is 17.3 Å². The molecule has 0 saturated heterocycles. The molecule has 0 amide bonds. The highest BCUT2D eigenvalue weighted by Gasteiger charge is 2.09. The molecule has 2 heterocycles. The SMILES string of the molecule is O=C(O)c1cnccc1Nc1cncnc1. The lowest BCUT2D eigenvalue weighted by Crippen LogP contribution is -2.03. The van der Waals surface area contributed by atoms with E-state index in [0.717, 1.165) is 0 Å². The summed E-state index contributed by atoms with van der Waals surface area (Å²) in [6, 6.07) is 1.58. The Morgan fingerprint density at radius 2 is 1.94 bits per heavy atom. The van der Waals surface area contributed by atoms with Crippen LogP contribution >= 0.6 is 0 Å². The fourth-order valence-electron chi connectivity index (χ4n) is 1.19. The Bertz CT molecular complexity index is 501. The van der Waals surface area contributed by atoms with Gasteiger partial charge in [-0.3, -0.25) is 4.98 Å². The van der Waals surface area contributed by atoms with Crippen LogP contribution in [0.1, 0.15) is 10.4 Å². The molecular weight excluding hydrogens is 208 g/mol. The topological polar surface area (TPSA) is 88.0 Å². The van der Waals surface area contributed by atoms with Gasteiger partial charge in [-0.05, 0) is 6.07 Å². The first-order chi connectivity index (χ1) is 7.77. The van der Waals surface area contributed by atoms with Crippen LogP contribution in [0.3, 0.4) is 0 Å². The summed E-state index contributed by atoms with van der Waals surface area (Å²) in [5.74, 6) is -1.03. The van der Waals surface area contributed by atoms with E-state index in [4.69, 9.17) is 5.11 Å². The number of nitrogens with zero attached hydrogens (tertiary/aromatic N) is 3. The lowest BCUT2D eigenvalue weighted by Gasteiger charge is -2.07. The number of nitrogens with one attached hydrogen (secondary N) is 1. The number of hydrogen-bond donors (Lipinski definition) is 2. The summed E-state index contributed by atoms with van der Waals surface area (Å²) in [6.07, 6.45) is 7.31. The van der Waals surface area contributed by atoms with Crippen LogP contribution in [0.15, 0.2) is 37.2 Å². The van der Waals surface area contributed by atoms with E-state index in [-0.39, 0.29) is 5.56 Å². The van der Waals surface area contributed by atoms with Crippen LogP contribution in [0.5, 0.6) is 0 Å². The van der Waals surface area contributed by atoms with Gasteiger partial charge < -0.3 is 10.4 Å². The molecule has 2 N–H and O–H groups in total. The maximum atomic E-state index is 10.9. The Morgan fingerprint density at radius 3 is 2.62 bits per heavy atom. The molecule has 0 bridgehead atoms. The summed E-state index contributed by atoms with van der Waals surface area (Å²) in [5.41, 5.74) is 1.18. The molecule has 0 aromatic carbocycles. The second-order valence-corrected chi connectivity index (χ2v) is 2.98. The Morgan fingerprint density at radius 1 is 1.19 bits per heavy atom. The number of rotatable bonds is 3. The quantitative estimate of drug-likeness (QED) is 0.804. The van der Waals surface area contributed by atoms with Crippen molar-refractivity contribution in [3.8, 4) is 0 Å². The second-order valence-electron chi connectivity index (χ2n) is 2.98. The highest BCUT2D eigenvalue weighted by molar-refractivity contribution is 5.94. The maximum absolute atomic E-state index is 10.9. The van der Waals surface area contributed by atoms with Gasteiger partial charge in [-0.2, -0.15) is 0 Å². The van der Waals surface area contributed by atoms with Gasteiger partial charge in [-0.25, -0.2) is 14.8 Å². The molecule has 6 nitrogen and oxygen atoms in total. The molecule has 0 fully saturated rings. The number of carboxylic acids is 1. The number of carbonyl (C=O) groups is 1. The van der Waals surface area contributed by atoms with Crippen LogP contribution in [0.25, 0.3) is 0 Å². The van der Waals surface area contributed by atoms with Crippen LogP contribution in [-0.2, 0) is 0 Å². The lowest BCUT2D eigenvalue weighted by atomic mass is 10.2. The minimum absolute atomic E-state index is 0.103. The average Bonchev–Trinajstić information content (AvgIpc) is 2.31. The normalized spacial score (nSPS) is 9.75. The Kier molecular flexibility index (Phi) is 2.73. The summed E-state index contributed by atoms with van der Waals surface area (Å²) < 4.78 is 0.